The van der Waals surface area contributed by atoms with Gasteiger partial charge in [-0.3, -0.25) is 4.79 Å². The number of pyridine rings is 1. The van der Waals surface area contributed by atoms with Gasteiger partial charge in [0.2, 0.25) is 5.88 Å². The van der Waals surface area contributed by atoms with Gasteiger partial charge in [-0.2, -0.15) is 5.26 Å². The maximum absolute atomic E-state index is 13.6. The second-order valence-corrected chi connectivity index (χ2v) is 8.43. The van der Waals surface area contributed by atoms with E-state index < -0.39 is 0 Å². The number of carbonyl (C=O) groups is 1. The lowest BCUT2D eigenvalue weighted by atomic mass is 9.97. The second-order valence-electron chi connectivity index (χ2n) is 8.43. The molecule has 38 heavy (non-hydrogen) atoms. The topological polar surface area (TPSA) is 84.2 Å². The zero-order chi connectivity index (χ0) is 27.7. The van der Waals surface area contributed by atoms with Gasteiger partial charge in [0.25, 0.3) is 5.91 Å². The van der Waals surface area contributed by atoms with Gasteiger partial charge in [0.15, 0.2) is 11.5 Å². The Morgan fingerprint density at radius 1 is 1.03 bits per heavy atom. The lowest BCUT2D eigenvalue weighted by Gasteiger charge is -2.17. The molecular weight excluding hydrogens is 474 g/mol. The van der Waals surface area contributed by atoms with Crippen molar-refractivity contribution in [3.8, 4) is 34.6 Å². The normalized spacial score (nSPS) is 10.0. The Hall–Kier alpha value is -4.63. The number of carbonyl (C=O) groups excluding carboxylic acids is 1. The molecule has 0 unspecified atom stereocenters. The van der Waals surface area contributed by atoms with Crippen LogP contribution in [-0.4, -0.2) is 18.0 Å². The number of methoxy groups -OCH3 is 1. The third-order valence-corrected chi connectivity index (χ3v) is 5.99. The van der Waals surface area contributed by atoms with E-state index in [-0.39, 0.29) is 13.2 Å². The molecule has 3 aromatic carbocycles. The number of anilines is 1. The second kappa shape index (κ2) is 13.1. The quantitative estimate of drug-likeness (QED) is 0.272. The van der Waals surface area contributed by atoms with Crippen molar-refractivity contribution in [1.82, 2.24) is 4.98 Å². The molecule has 196 valence electrons. The van der Waals surface area contributed by atoms with Crippen molar-refractivity contribution in [2.75, 3.05) is 12.4 Å². The first-order chi connectivity index (χ1) is 18.4. The monoisotopic (exact) mass is 509 g/mol. The van der Waals surface area contributed by atoms with Gasteiger partial charge >= 0.3 is 0 Å². The minimum atomic E-state index is -0.329. The molecule has 1 amide bonds. The van der Waals surface area contributed by atoms with Crippen molar-refractivity contribution >= 4 is 11.6 Å². The van der Waals surface area contributed by atoms with Gasteiger partial charge in [-0.05, 0) is 61.2 Å². The zero-order valence-corrected chi connectivity index (χ0v) is 22.8. The van der Waals surface area contributed by atoms with Crippen LogP contribution in [0.3, 0.4) is 0 Å². The molecule has 0 aliphatic rings. The minimum absolute atomic E-state index is 0. The van der Waals surface area contributed by atoms with E-state index in [4.69, 9.17) is 9.47 Å². The van der Waals surface area contributed by atoms with E-state index in [0.717, 1.165) is 34.2 Å². The van der Waals surface area contributed by atoms with Crippen molar-refractivity contribution in [3.63, 3.8) is 0 Å². The SMILES string of the molecule is CC.CCc1cccc(NC(=O)c2c(Oc3ccc(C#N)cc3OC)ncc(-c3ccc(C)cc3)c2C)c1.[HH]. The Kier molecular flexibility index (Phi) is 9.61. The van der Waals surface area contributed by atoms with Crippen LogP contribution in [0.5, 0.6) is 17.4 Å². The van der Waals surface area contributed by atoms with E-state index in [1.54, 1.807) is 24.4 Å². The number of aromatic nitrogens is 1. The van der Waals surface area contributed by atoms with Gasteiger partial charge in [0.1, 0.15) is 5.56 Å². The first kappa shape index (κ1) is 27.9. The van der Waals surface area contributed by atoms with E-state index in [1.165, 1.54) is 7.11 Å². The Morgan fingerprint density at radius 3 is 2.42 bits per heavy atom. The fraction of sp³-hybridized carbons (Fsp3) is 0.219. The molecule has 0 aliphatic heterocycles. The first-order valence-corrected chi connectivity index (χ1v) is 12.7. The minimum Gasteiger partial charge on any atom is -0.493 e. The summed E-state index contributed by atoms with van der Waals surface area (Å²) in [5.74, 6) is 0.548. The van der Waals surface area contributed by atoms with Crippen LogP contribution in [0.2, 0.25) is 0 Å². The molecule has 0 spiro atoms. The van der Waals surface area contributed by atoms with Crippen LogP contribution in [0, 0.1) is 25.2 Å². The molecule has 1 N–H and O–H groups in total. The maximum atomic E-state index is 13.6. The van der Waals surface area contributed by atoms with Crippen molar-refractivity contribution < 1.29 is 15.7 Å². The molecule has 0 radical (unpaired) electrons. The van der Waals surface area contributed by atoms with E-state index in [2.05, 4.69) is 23.3 Å². The molecule has 0 saturated heterocycles. The molecule has 6 heteroatoms. The number of ether oxygens (including phenoxy) is 2. The summed E-state index contributed by atoms with van der Waals surface area (Å²) in [5.41, 5.74) is 6.24. The predicted octanol–water partition coefficient (Wildman–Crippen LogP) is 8.12. The summed E-state index contributed by atoms with van der Waals surface area (Å²) < 4.78 is 11.5. The van der Waals surface area contributed by atoms with Crippen LogP contribution in [0.15, 0.2) is 72.9 Å². The van der Waals surface area contributed by atoms with Gasteiger partial charge in [-0.1, -0.05) is 62.7 Å². The molecule has 0 fully saturated rings. The van der Waals surface area contributed by atoms with Crippen molar-refractivity contribution in [2.24, 2.45) is 0 Å². The zero-order valence-electron chi connectivity index (χ0n) is 22.8. The number of nitrogens with zero attached hydrogens (tertiary/aromatic N) is 2. The largest absolute Gasteiger partial charge is 0.493 e. The molecule has 4 aromatic rings. The van der Waals surface area contributed by atoms with Crippen LogP contribution >= 0.6 is 0 Å². The van der Waals surface area contributed by atoms with Crippen LogP contribution in [-0.2, 0) is 6.42 Å². The third kappa shape index (κ3) is 6.37. The van der Waals surface area contributed by atoms with Crippen molar-refractivity contribution in [1.29, 1.82) is 5.26 Å². The fourth-order valence-corrected chi connectivity index (χ4v) is 3.94. The third-order valence-electron chi connectivity index (χ3n) is 5.99. The molecule has 1 heterocycles. The maximum Gasteiger partial charge on any atom is 0.261 e. The molecular formula is C32H35N3O3. The number of hydrogen-bond donors (Lipinski definition) is 1. The highest BCUT2D eigenvalue weighted by Crippen LogP contribution is 2.36. The number of benzene rings is 3. The summed E-state index contributed by atoms with van der Waals surface area (Å²) in [6.07, 6.45) is 2.57. The van der Waals surface area contributed by atoms with E-state index >= 15 is 0 Å². The van der Waals surface area contributed by atoms with E-state index in [1.807, 2.05) is 76.2 Å². The number of amides is 1. The average Bonchev–Trinajstić information content (AvgIpc) is 2.95. The van der Waals surface area contributed by atoms with Crippen molar-refractivity contribution in [3.05, 3.63) is 101 Å². The molecule has 0 bridgehead atoms. The van der Waals surface area contributed by atoms with Crippen LogP contribution < -0.4 is 14.8 Å². The summed E-state index contributed by atoms with van der Waals surface area (Å²) in [4.78, 5) is 18.2. The Labute approximate surface area is 226 Å². The van der Waals surface area contributed by atoms with E-state index in [9.17, 15) is 10.1 Å². The lowest BCUT2D eigenvalue weighted by molar-refractivity contribution is 0.102. The standard InChI is InChI=1S/C30H27N3O3.C2H6.H2/c1-5-21-7-6-8-24(15-21)33-29(34)28-20(3)25(23-12-9-19(2)10-13-23)18-32-30(28)36-26-14-11-22(17-31)16-27(26)35-4;1-2;/h6-16,18H,5H2,1-4H3,(H,33,34);1-2H3;1H. The molecule has 0 saturated carbocycles. The smallest absolute Gasteiger partial charge is 0.261 e. The van der Waals surface area contributed by atoms with E-state index in [0.29, 0.717) is 28.3 Å². The number of hydrogen-bond acceptors (Lipinski definition) is 5. The Morgan fingerprint density at radius 2 is 1.76 bits per heavy atom. The summed E-state index contributed by atoms with van der Waals surface area (Å²) in [5, 5.41) is 12.2. The molecule has 0 atom stereocenters. The van der Waals surface area contributed by atoms with Gasteiger partial charge in [-0.25, -0.2) is 4.98 Å². The van der Waals surface area contributed by atoms with Crippen LogP contribution in [0.25, 0.3) is 11.1 Å². The molecule has 6 nitrogen and oxygen atoms in total. The van der Waals surface area contributed by atoms with Crippen molar-refractivity contribution in [2.45, 2.75) is 41.0 Å². The van der Waals surface area contributed by atoms with Crippen LogP contribution in [0.1, 0.15) is 54.8 Å². The summed E-state index contributed by atoms with van der Waals surface area (Å²) >= 11 is 0. The fourth-order valence-electron chi connectivity index (χ4n) is 3.94. The lowest BCUT2D eigenvalue weighted by Crippen LogP contribution is -2.16. The first-order valence-electron chi connectivity index (χ1n) is 12.7. The predicted molar refractivity (Wildman–Crippen MR) is 154 cm³/mol. The van der Waals surface area contributed by atoms with Gasteiger partial charge in [0.05, 0.1) is 18.7 Å². The van der Waals surface area contributed by atoms with Gasteiger partial charge in [-0.15, -0.1) is 0 Å². The average molecular weight is 510 g/mol. The number of nitrogens with one attached hydrogen (secondary N) is 1. The Bertz CT molecular complexity index is 1460. The van der Waals surface area contributed by atoms with Crippen LogP contribution in [0.4, 0.5) is 5.69 Å². The highest BCUT2D eigenvalue weighted by Gasteiger charge is 2.22. The van der Waals surface area contributed by atoms with Gasteiger partial charge in [0, 0.05) is 24.9 Å². The Balaban J connectivity index is 0.00000174. The molecule has 0 aliphatic carbocycles. The summed E-state index contributed by atoms with van der Waals surface area (Å²) in [6, 6.07) is 22.7. The van der Waals surface area contributed by atoms with Gasteiger partial charge < -0.3 is 14.8 Å². The summed E-state index contributed by atoms with van der Waals surface area (Å²) in [6.45, 7) is 9.98. The highest BCUT2D eigenvalue weighted by atomic mass is 16.5. The summed E-state index contributed by atoms with van der Waals surface area (Å²) in [7, 11) is 1.50. The molecule has 1 aromatic heterocycles. The number of nitriles is 1. The molecule has 4 rings (SSSR count). The number of rotatable bonds is 7. The number of aryl methyl sites for hydroxylation is 2. The highest BCUT2D eigenvalue weighted by molar-refractivity contribution is 6.08.